The summed E-state index contributed by atoms with van der Waals surface area (Å²) < 4.78 is 27.3. The topological polar surface area (TPSA) is 60.2 Å². The molecule has 0 unspecified atom stereocenters. The van der Waals surface area contributed by atoms with Crippen LogP contribution in [-0.4, -0.2) is 31.2 Å². The Balaban J connectivity index is 2.05. The fraction of sp³-hybridized carbons (Fsp3) is 0.300. The molecule has 86 valence electrons. The van der Waals surface area contributed by atoms with Crippen LogP contribution < -0.4 is 0 Å². The van der Waals surface area contributed by atoms with Gasteiger partial charge in [0.2, 0.25) is 0 Å². The molecular weight excluding hydrogens is 246 g/mol. The average Bonchev–Trinajstić information content (AvgIpc) is 2.57. The molecule has 0 saturated carbocycles. The maximum Gasteiger partial charge on any atom is 0.256 e. The average molecular weight is 257 g/mol. The predicted molar refractivity (Wildman–Crippen MR) is 64.4 cm³/mol. The van der Waals surface area contributed by atoms with E-state index in [1.807, 2.05) is 24.3 Å². The van der Waals surface area contributed by atoms with E-state index in [-0.39, 0.29) is 5.75 Å². The van der Waals surface area contributed by atoms with Crippen LogP contribution in [0.15, 0.2) is 33.9 Å². The van der Waals surface area contributed by atoms with Gasteiger partial charge in [-0.3, -0.25) is 0 Å². The lowest BCUT2D eigenvalue weighted by molar-refractivity contribution is 0.489. The van der Waals surface area contributed by atoms with Crippen LogP contribution in [0.1, 0.15) is 0 Å². The fourth-order valence-electron chi connectivity index (χ4n) is 1.19. The third-order valence-electron chi connectivity index (χ3n) is 1.95. The molecule has 1 aromatic carbocycles. The summed E-state index contributed by atoms with van der Waals surface area (Å²) in [5, 5.41) is 0.518. The predicted octanol–water partition coefficient (Wildman–Crippen LogP) is 1.96. The minimum Gasteiger partial charge on any atom is -0.431 e. The maximum absolute atomic E-state index is 10.9. The number of para-hydroxylation sites is 2. The molecule has 0 atom stereocenters. The van der Waals surface area contributed by atoms with Gasteiger partial charge in [-0.05, 0) is 12.1 Å². The van der Waals surface area contributed by atoms with E-state index in [0.29, 0.717) is 11.0 Å². The van der Waals surface area contributed by atoms with E-state index < -0.39 is 9.84 Å². The van der Waals surface area contributed by atoms with Crippen LogP contribution in [0.2, 0.25) is 0 Å². The molecule has 0 aliphatic rings. The molecule has 0 amide bonds. The van der Waals surface area contributed by atoms with Gasteiger partial charge in [0.25, 0.3) is 5.22 Å². The van der Waals surface area contributed by atoms with Crippen molar-refractivity contribution in [1.29, 1.82) is 0 Å². The van der Waals surface area contributed by atoms with Crippen LogP contribution in [0.3, 0.4) is 0 Å². The van der Waals surface area contributed by atoms with Gasteiger partial charge in [0.15, 0.2) is 5.58 Å². The fourth-order valence-corrected chi connectivity index (χ4v) is 3.22. The van der Waals surface area contributed by atoms with Crippen molar-refractivity contribution in [2.45, 2.75) is 5.22 Å². The standard InChI is InChI=1S/C10H11NO3S2/c1-16(12,13)7-6-15-10-11-8-4-2-3-5-9(8)14-10/h2-5H,6-7H2,1H3. The Labute approximate surface area is 98.0 Å². The number of hydrogen-bond donors (Lipinski definition) is 0. The molecule has 0 spiro atoms. The SMILES string of the molecule is CS(=O)(=O)CCSc1nc2ccccc2o1. The molecular formula is C10H11NO3S2. The Bertz CT molecular complexity index is 556. The summed E-state index contributed by atoms with van der Waals surface area (Å²) in [4.78, 5) is 4.23. The highest BCUT2D eigenvalue weighted by Crippen LogP contribution is 2.22. The molecule has 6 heteroatoms. The second kappa shape index (κ2) is 4.47. The van der Waals surface area contributed by atoms with E-state index in [9.17, 15) is 8.42 Å². The van der Waals surface area contributed by atoms with Crippen LogP contribution in [0.4, 0.5) is 0 Å². The van der Waals surface area contributed by atoms with Crippen molar-refractivity contribution < 1.29 is 12.8 Å². The van der Waals surface area contributed by atoms with Gasteiger partial charge in [0, 0.05) is 12.0 Å². The molecule has 2 rings (SSSR count). The van der Waals surface area contributed by atoms with E-state index in [0.717, 1.165) is 11.1 Å². The Morgan fingerprint density at radius 2 is 2.12 bits per heavy atom. The largest absolute Gasteiger partial charge is 0.431 e. The molecule has 2 aromatic rings. The van der Waals surface area contributed by atoms with E-state index in [4.69, 9.17) is 4.42 Å². The van der Waals surface area contributed by atoms with Crippen LogP contribution in [0.5, 0.6) is 0 Å². The maximum atomic E-state index is 10.9. The van der Waals surface area contributed by atoms with Crippen LogP contribution in [0, 0.1) is 0 Å². The van der Waals surface area contributed by atoms with Crippen LogP contribution >= 0.6 is 11.8 Å². The molecule has 0 saturated heterocycles. The van der Waals surface area contributed by atoms with Crippen molar-refractivity contribution in [2.24, 2.45) is 0 Å². The molecule has 1 aromatic heterocycles. The highest BCUT2D eigenvalue weighted by molar-refractivity contribution is 8.00. The lowest BCUT2D eigenvalue weighted by Gasteiger charge is -1.94. The first-order valence-electron chi connectivity index (χ1n) is 4.71. The van der Waals surface area contributed by atoms with Crippen molar-refractivity contribution in [2.75, 3.05) is 17.8 Å². The van der Waals surface area contributed by atoms with Gasteiger partial charge in [0.05, 0.1) is 5.75 Å². The summed E-state index contributed by atoms with van der Waals surface area (Å²) in [7, 11) is -2.91. The molecule has 16 heavy (non-hydrogen) atoms. The lowest BCUT2D eigenvalue weighted by atomic mass is 10.3. The summed E-state index contributed by atoms with van der Waals surface area (Å²) >= 11 is 1.32. The second-order valence-electron chi connectivity index (χ2n) is 3.43. The number of nitrogens with zero attached hydrogens (tertiary/aromatic N) is 1. The first kappa shape index (κ1) is 11.5. The molecule has 0 radical (unpaired) electrons. The smallest absolute Gasteiger partial charge is 0.256 e. The van der Waals surface area contributed by atoms with Crippen LogP contribution in [0.25, 0.3) is 11.1 Å². The first-order chi connectivity index (χ1) is 7.54. The minimum absolute atomic E-state index is 0.135. The number of aromatic nitrogens is 1. The van der Waals surface area contributed by atoms with Crippen molar-refractivity contribution in [3.05, 3.63) is 24.3 Å². The number of benzene rings is 1. The Morgan fingerprint density at radius 1 is 1.38 bits per heavy atom. The van der Waals surface area contributed by atoms with E-state index in [1.165, 1.54) is 18.0 Å². The molecule has 4 nitrogen and oxygen atoms in total. The number of fused-ring (bicyclic) bond motifs is 1. The summed E-state index contributed by atoms with van der Waals surface area (Å²) in [5.74, 6) is 0.599. The zero-order chi connectivity index (χ0) is 11.6. The lowest BCUT2D eigenvalue weighted by Crippen LogP contribution is -2.04. The molecule has 0 fully saturated rings. The van der Waals surface area contributed by atoms with Gasteiger partial charge in [0.1, 0.15) is 15.4 Å². The molecule has 0 aliphatic carbocycles. The Morgan fingerprint density at radius 3 is 2.81 bits per heavy atom. The van der Waals surface area contributed by atoms with E-state index in [1.54, 1.807) is 0 Å². The molecule has 1 heterocycles. The van der Waals surface area contributed by atoms with Crippen molar-refractivity contribution >= 4 is 32.7 Å². The highest BCUT2D eigenvalue weighted by Gasteiger charge is 2.07. The third-order valence-corrected chi connectivity index (χ3v) is 3.99. The normalized spacial score (nSPS) is 12.1. The minimum atomic E-state index is -2.91. The summed E-state index contributed by atoms with van der Waals surface area (Å²) in [5.41, 5.74) is 1.52. The summed E-state index contributed by atoms with van der Waals surface area (Å²) in [6.07, 6.45) is 1.22. The van der Waals surface area contributed by atoms with Crippen molar-refractivity contribution in [3.8, 4) is 0 Å². The van der Waals surface area contributed by atoms with Crippen molar-refractivity contribution in [3.63, 3.8) is 0 Å². The highest BCUT2D eigenvalue weighted by atomic mass is 32.2. The zero-order valence-corrected chi connectivity index (χ0v) is 10.3. The van der Waals surface area contributed by atoms with Gasteiger partial charge < -0.3 is 4.42 Å². The van der Waals surface area contributed by atoms with Crippen LogP contribution in [-0.2, 0) is 9.84 Å². The van der Waals surface area contributed by atoms with Gasteiger partial charge >= 0.3 is 0 Å². The van der Waals surface area contributed by atoms with E-state index in [2.05, 4.69) is 4.98 Å². The molecule has 0 aliphatic heterocycles. The summed E-state index contributed by atoms with van der Waals surface area (Å²) in [6, 6.07) is 7.46. The second-order valence-corrected chi connectivity index (χ2v) is 6.73. The van der Waals surface area contributed by atoms with Gasteiger partial charge in [-0.1, -0.05) is 23.9 Å². The zero-order valence-electron chi connectivity index (χ0n) is 8.71. The summed E-state index contributed by atoms with van der Waals surface area (Å²) in [6.45, 7) is 0. The van der Waals surface area contributed by atoms with Gasteiger partial charge in [-0.2, -0.15) is 0 Å². The molecule has 0 bridgehead atoms. The molecule has 0 N–H and O–H groups in total. The van der Waals surface area contributed by atoms with Gasteiger partial charge in [-0.15, -0.1) is 0 Å². The number of hydrogen-bond acceptors (Lipinski definition) is 5. The number of thioether (sulfide) groups is 1. The van der Waals surface area contributed by atoms with E-state index >= 15 is 0 Å². The number of rotatable bonds is 4. The number of sulfone groups is 1. The monoisotopic (exact) mass is 257 g/mol. The Hall–Kier alpha value is -1.01. The number of oxazole rings is 1. The van der Waals surface area contributed by atoms with Gasteiger partial charge in [-0.25, -0.2) is 13.4 Å². The van der Waals surface area contributed by atoms with Crippen molar-refractivity contribution in [1.82, 2.24) is 4.98 Å². The quantitative estimate of drug-likeness (QED) is 0.784. The third kappa shape index (κ3) is 2.99. The Kier molecular flexibility index (Phi) is 3.20. The first-order valence-corrected chi connectivity index (χ1v) is 7.75.